The van der Waals surface area contributed by atoms with Gasteiger partial charge < -0.3 is 10.2 Å². The van der Waals surface area contributed by atoms with Gasteiger partial charge in [0.05, 0.1) is 0 Å². The van der Waals surface area contributed by atoms with Crippen LogP contribution in [0.5, 0.6) is 0 Å². The van der Waals surface area contributed by atoms with Gasteiger partial charge in [-0.2, -0.15) is 0 Å². The Hall–Kier alpha value is -0.860. The highest BCUT2D eigenvalue weighted by Gasteiger charge is 2.26. The average Bonchev–Trinajstić information content (AvgIpc) is 2.39. The normalized spacial score (nSPS) is 15.3. The molecule has 1 rings (SSSR count). The zero-order valence-electron chi connectivity index (χ0n) is 15.2. The van der Waals surface area contributed by atoms with E-state index in [0.717, 1.165) is 13.1 Å². The predicted octanol–water partition coefficient (Wildman–Crippen LogP) is 4.32. The number of nitrogens with zero attached hydrogens (tertiary/aromatic N) is 1. The molecule has 0 saturated heterocycles. The van der Waals surface area contributed by atoms with E-state index in [1.807, 2.05) is 0 Å². The molecule has 1 aromatic carbocycles. The lowest BCUT2D eigenvalue weighted by Gasteiger charge is -2.37. The van der Waals surface area contributed by atoms with Gasteiger partial charge in [-0.25, -0.2) is 0 Å². The maximum Gasteiger partial charge on any atom is 0.0451 e. The summed E-state index contributed by atoms with van der Waals surface area (Å²) in [5.41, 5.74) is 4.45. The summed E-state index contributed by atoms with van der Waals surface area (Å²) in [5.74, 6) is 0. The van der Waals surface area contributed by atoms with Gasteiger partial charge in [0.1, 0.15) is 0 Å². The fourth-order valence-corrected chi connectivity index (χ4v) is 2.76. The molecular formula is C19H34N2. The van der Waals surface area contributed by atoms with Gasteiger partial charge in [-0.05, 0) is 50.9 Å². The van der Waals surface area contributed by atoms with Gasteiger partial charge in [0.2, 0.25) is 0 Å². The lowest BCUT2D eigenvalue weighted by molar-refractivity contribution is 0.129. The van der Waals surface area contributed by atoms with Crippen LogP contribution in [0.1, 0.15) is 57.4 Å². The summed E-state index contributed by atoms with van der Waals surface area (Å²) in [6.45, 7) is 17.9. The Morgan fingerprint density at radius 3 is 2.33 bits per heavy atom. The Kier molecular flexibility index (Phi) is 6.42. The zero-order valence-corrected chi connectivity index (χ0v) is 15.2. The number of aryl methyl sites for hydroxylation is 2. The Morgan fingerprint density at radius 2 is 1.81 bits per heavy atom. The number of hydrogen-bond acceptors (Lipinski definition) is 2. The van der Waals surface area contributed by atoms with Crippen LogP contribution in [0.3, 0.4) is 0 Å². The van der Waals surface area contributed by atoms with Crippen LogP contribution < -0.4 is 5.32 Å². The van der Waals surface area contributed by atoms with E-state index in [0.29, 0.717) is 17.5 Å². The predicted molar refractivity (Wildman–Crippen MR) is 93.9 cm³/mol. The Bertz CT molecular complexity index is 445. The summed E-state index contributed by atoms with van der Waals surface area (Å²) in [6.07, 6.45) is 0. The molecule has 0 aliphatic rings. The van der Waals surface area contributed by atoms with Crippen molar-refractivity contribution in [2.75, 3.05) is 20.1 Å². The molecule has 0 bridgehead atoms. The molecule has 0 spiro atoms. The number of likely N-dealkylation sites (N-methyl/N-ethyl adjacent to an activating group) is 2. The monoisotopic (exact) mass is 290 g/mol. The molecule has 0 radical (unpaired) electrons. The minimum Gasteiger partial charge on any atom is -0.309 e. The van der Waals surface area contributed by atoms with Crippen molar-refractivity contribution in [2.45, 2.75) is 60.5 Å². The van der Waals surface area contributed by atoms with Crippen molar-refractivity contribution < 1.29 is 0 Å². The first kappa shape index (κ1) is 18.2. The highest BCUT2D eigenvalue weighted by Crippen LogP contribution is 2.26. The van der Waals surface area contributed by atoms with Gasteiger partial charge in [-0.15, -0.1) is 0 Å². The highest BCUT2D eigenvalue weighted by atomic mass is 15.2. The quantitative estimate of drug-likeness (QED) is 0.839. The molecule has 0 aliphatic carbocycles. The van der Waals surface area contributed by atoms with Crippen molar-refractivity contribution in [3.8, 4) is 0 Å². The third-order valence-corrected chi connectivity index (χ3v) is 4.65. The van der Waals surface area contributed by atoms with Crippen LogP contribution in [0.4, 0.5) is 0 Å². The van der Waals surface area contributed by atoms with Gasteiger partial charge >= 0.3 is 0 Å². The molecule has 0 saturated carbocycles. The number of hydrogen-bond donors (Lipinski definition) is 1. The smallest absolute Gasteiger partial charge is 0.0451 e. The van der Waals surface area contributed by atoms with Gasteiger partial charge in [-0.1, -0.05) is 51.5 Å². The Balaban J connectivity index is 2.95. The van der Waals surface area contributed by atoms with Crippen molar-refractivity contribution in [2.24, 2.45) is 5.41 Å². The van der Waals surface area contributed by atoms with Crippen molar-refractivity contribution >= 4 is 0 Å². The molecule has 1 aromatic rings. The van der Waals surface area contributed by atoms with Crippen molar-refractivity contribution in [1.82, 2.24) is 10.2 Å². The Labute approximate surface area is 131 Å². The lowest BCUT2D eigenvalue weighted by Crippen LogP contribution is -2.43. The number of nitrogens with one attached hydrogen (secondary N) is 1. The van der Waals surface area contributed by atoms with E-state index in [1.54, 1.807) is 0 Å². The maximum atomic E-state index is 3.66. The lowest BCUT2D eigenvalue weighted by atomic mass is 9.86. The van der Waals surface area contributed by atoms with Crippen LogP contribution in [0, 0.1) is 19.3 Å². The summed E-state index contributed by atoms with van der Waals surface area (Å²) in [6, 6.07) is 7.71. The minimum atomic E-state index is 0.299. The van der Waals surface area contributed by atoms with Crippen LogP contribution in [0.25, 0.3) is 0 Å². The van der Waals surface area contributed by atoms with Gasteiger partial charge in [0, 0.05) is 18.6 Å². The van der Waals surface area contributed by atoms with E-state index in [9.17, 15) is 0 Å². The maximum absolute atomic E-state index is 3.66. The van der Waals surface area contributed by atoms with Gasteiger partial charge in [0.15, 0.2) is 0 Å². The SMILES string of the molecule is CCNC(CN(C)C(C)C(C)(C)C)c1cc(C)ccc1C. The average molecular weight is 290 g/mol. The molecule has 0 heterocycles. The van der Waals surface area contributed by atoms with Crippen LogP contribution in [-0.2, 0) is 0 Å². The third-order valence-electron chi connectivity index (χ3n) is 4.65. The highest BCUT2D eigenvalue weighted by molar-refractivity contribution is 5.33. The molecule has 0 aliphatic heterocycles. The van der Waals surface area contributed by atoms with Crippen molar-refractivity contribution in [1.29, 1.82) is 0 Å². The summed E-state index contributed by atoms with van der Waals surface area (Å²) in [7, 11) is 2.24. The second-order valence-electron chi connectivity index (χ2n) is 7.45. The van der Waals surface area contributed by atoms with Crippen LogP contribution >= 0.6 is 0 Å². The van der Waals surface area contributed by atoms with E-state index in [2.05, 4.69) is 83.9 Å². The second-order valence-corrected chi connectivity index (χ2v) is 7.45. The van der Waals surface area contributed by atoms with Gasteiger partial charge in [0.25, 0.3) is 0 Å². The first-order chi connectivity index (χ1) is 9.66. The fraction of sp³-hybridized carbons (Fsp3) is 0.684. The molecule has 2 atom stereocenters. The van der Waals surface area contributed by atoms with E-state index in [-0.39, 0.29) is 0 Å². The summed E-state index contributed by atoms with van der Waals surface area (Å²) < 4.78 is 0. The van der Waals surface area contributed by atoms with Gasteiger partial charge in [-0.3, -0.25) is 0 Å². The molecule has 0 aromatic heterocycles. The van der Waals surface area contributed by atoms with Crippen molar-refractivity contribution in [3.63, 3.8) is 0 Å². The first-order valence-electron chi connectivity index (χ1n) is 8.17. The molecule has 2 nitrogen and oxygen atoms in total. The molecule has 0 fully saturated rings. The topological polar surface area (TPSA) is 15.3 Å². The molecule has 21 heavy (non-hydrogen) atoms. The van der Waals surface area contributed by atoms with E-state index < -0.39 is 0 Å². The van der Waals surface area contributed by atoms with Crippen LogP contribution in [0.2, 0.25) is 0 Å². The zero-order chi connectivity index (χ0) is 16.2. The molecule has 2 unspecified atom stereocenters. The molecule has 2 heteroatoms. The third kappa shape index (κ3) is 5.12. The van der Waals surface area contributed by atoms with Crippen LogP contribution in [-0.4, -0.2) is 31.1 Å². The largest absolute Gasteiger partial charge is 0.309 e. The summed E-state index contributed by atoms with van der Waals surface area (Å²) >= 11 is 0. The molecular weight excluding hydrogens is 256 g/mol. The van der Waals surface area contributed by atoms with Crippen LogP contribution in [0.15, 0.2) is 18.2 Å². The molecule has 120 valence electrons. The first-order valence-corrected chi connectivity index (χ1v) is 8.17. The minimum absolute atomic E-state index is 0.299. The van der Waals surface area contributed by atoms with E-state index in [4.69, 9.17) is 0 Å². The molecule has 1 N–H and O–H groups in total. The standard InChI is InChI=1S/C19H34N2/c1-9-20-18(13-21(8)16(4)19(5,6)7)17-12-14(2)10-11-15(17)3/h10-12,16,18,20H,9,13H2,1-8H3. The van der Waals surface area contributed by atoms with Crippen molar-refractivity contribution in [3.05, 3.63) is 34.9 Å². The summed E-state index contributed by atoms with van der Waals surface area (Å²) in [5, 5.41) is 3.66. The van der Waals surface area contributed by atoms with E-state index >= 15 is 0 Å². The number of benzene rings is 1. The second kappa shape index (κ2) is 7.42. The number of rotatable bonds is 6. The Morgan fingerprint density at radius 1 is 1.19 bits per heavy atom. The fourth-order valence-electron chi connectivity index (χ4n) is 2.76. The molecule has 0 amide bonds. The summed E-state index contributed by atoms with van der Waals surface area (Å²) in [4.78, 5) is 2.48. The van der Waals surface area contributed by atoms with E-state index in [1.165, 1.54) is 16.7 Å².